The van der Waals surface area contributed by atoms with E-state index in [1.165, 1.54) is 5.56 Å². The van der Waals surface area contributed by atoms with Gasteiger partial charge in [0.1, 0.15) is 5.75 Å². The number of hydrogen-bond donors (Lipinski definition) is 1. The third-order valence-electron chi connectivity index (χ3n) is 2.17. The first-order valence-corrected chi connectivity index (χ1v) is 6.14. The van der Waals surface area contributed by atoms with Crippen LogP contribution in [0.2, 0.25) is 0 Å². The Bertz CT molecular complexity index is 481. The van der Waals surface area contributed by atoms with Gasteiger partial charge in [0, 0.05) is 19.3 Å². The minimum Gasteiger partial charge on any atom is -0.481 e. The summed E-state index contributed by atoms with van der Waals surface area (Å²) in [5, 5.41) is 7.42. The van der Waals surface area contributed by atoms with Crippen LogP contribution in [0.25, 0.3) is 0 Å². The Balaban J connectivity index is 0.000000172. The molecule has 1 aliphatic heterocycles. The van der Waals surface area contributed by atoms with Crippen molar-refractivity contribution in [2.24, 2.45) is 0 Å². The van der Waals surface area contributed by atoms with E-state index in [1.54, 1.807) is 18.7 Å². The average molecular weight is 271 g/mol. The molecule has 0 radical (unpaired) electrons. The molecule has 104 valence electrons. The van der Waals surface area contributed by atoms with Gasteiger partial charge in [0.05, 0.1) is 6.26 Å². The molecule has 0 fully saturated rings. The average Bonchev–Trinajstić information content (AvgIpc) is 2.49. The maximum atomic E-state index is 9.00. The number of ether oxygens (including phenoxy) is 1. The van der Waals surface area contributed by atoms with Gasteiger partial charge in [0.2, 0.25) is 0 Å². The molecule has 1 aromatic heterocycles. The summed E-state index contributed by atoms with van der Waals surface area (Å²) in [7, 11) is 0. The molecule has 1 aliphatic rings. The molecule has 0 saturated carbocycles. The molecule has 2 heterocycles. The molecule has 0 saturated heterocycles. The Morgan fingerprint density at radius 1 is 1.15 bits per heavy atom. The van der Waals surface area contributed by atoms with E-state index in [0.717, 1.165) is 19.1 Å². The summed E-state index contributed by atoms with van der Waals surface area (Å²) in [6, 6.07) is 13.8. The fraction of sp³-hybridized carbons (Fsp3) is 0.125. The molecule has 2 aromatic rings. The van der Waals surface area contributed by atoms with Crippen LogP contribution in [0, 0.1) is 0 Å². The number of para-hydroxylation sites is 1. The zero-order chi connectivity index (χ0) is 14.6. The summed E-state index contributed by atoms with van der Waals surface area (Å²) in [5.74, 6) is 0.157. The first-order chi connectivity index (χ1) is 9.70. The maximum Gasteiger partial charge on any atom is 0.300 e. The van der Waals surface area contributed by atoms with Gasteiger partial charge in [-0.3, -0.25) is 9.78 Å². The van der Waals surface area contributed by atoms with Gasteiger partial charge < -0.3 is 9.84 Å². The molecule has 0 unspecified atom stereocenters. The standard InChI is InChI=1S/C9H8O.C5H5N.C2H4O2/c1-2-6-9-8(4-1)5-3-7-10-9;1-2-4-6-5-3-1;1-2(3)4/h1-4,6-7H,5H2;1-5H;1H3,(H,3,4). The Hall–Kier alpha value is -2.62. The smallest absolute Gasteiger partial charge is 0.300 e. The number of rotatable bonds is 0. The third kappa shape index (κ3) is 6.96. The molecule has 0 atom stereocenters. The minimum atomic E-state index is -0.833. The van der Waals surface area contributed by atoms with Gasteiger partial charge in [-0.25, -0.2) is 0 Å². The second-order valence-electron chi connectivity index (χ2n) is 3.85. The molecule has 1 N–H and O–H groups in total. The van der Waals surface area contributed by atoms with Crippen molar-refractivity contribution in [1.82, 2.24) is 4.98 Å². The highest BCUT2D eigenvalue weighted by molar-refractivity contribution is 5.62. The van der Waals surface area contributed by atoms with E-state index >= 15 is 0 Å². The minimum absolute atomic E-state index is 0.833. The molecule has 0 amide bonds. The number of pyridine rings is 1. The maximum absolute atomic E-state index is 9.00. The zero-order valence-corrected chi connectivity index (χ0v) is 11.3. The second kappa shape index (κ2) is 9.33. The molecule has 0 spiro atoms. The van der Waals surface area contributed by atoms with Crippen LogP contribution in [0.4, 0.5) is 0 Å². The molecule has 0 bridgehead atoms. The first kappa shape index (κ1) is 15.4. The summed E-state index contributed by atoms with van der Waals surface area (Å²) >= 11 is 0. The number of aromatic nitrogens is 1. The molecule has 0 aliphatic carbocycles. The molecule has 4 nitrogen and oxygen atoms in total. The predicted octanol–water partition coefficient (Wildman–Crippen LogP) is 3.31. The monoisotopic (exact) mass is 271 g/mol. The van der Waals surface area contributed by atoms with Crippen molar-refractivity contribution in [3.8, 4) is 5.75 Å². The number of aliphatic carboxylic acids is 1. The van der Waals surface area contributed by atoms with Crippen molar-refractivity contribution in [2.75, 3.05) is 0 Å². The Morgan fingerprint density at radius 3 is 2.30 bits per heavy atom. The number of carboxylic acids is 1. The van der Waals surface area contributed by atoms with Crippen LogP contribution >= 0.6 is 0 Å². The van der Waals surface area contributed by atoms with E-state index in [9.17, 15) is 0 Å². The summed E-state index contributed by atoms with van der Waals surface area (Å²) in [4.78, 5) is 12.8. The van der Waals surface area contributed by atoms with Gasteiger partial charge in [0.15, 0.2) is 0 Å². The van der Waals surface area contributed by atoms with Crippen LogP contribution in [-0.4, -0.2) is 16.1 Å². The summed E-state index contributed by atoms with van der Waals surface area (Å²) in [6.45, 7) is 1.08. The van der Waals surface area contributed by atoms with Crippen LogP contribution in [0.1, 0.15) is 12.5 Å². The number of fused-ring (bicyclic) bond motifs is 1. The summed E-state index contributed by atoms with van der Waals surface area (Å²) in [5.41, 5.74) is 1.27. The van der Waals surface area contributed by atoms with E-state index in [1.807, 2.05) is 42.5 Å². The van der Waals surface area contributed by atoms with Crippen LogP contribution in [0.15, 0.2) is 67.2 Å². The van der Waals surface area contributed by atoms with Gasteiger partial charge in [0.25, 0.3) is 5.97 Å². The number of allylic oxidation sites excluding steroid dienone is 1. The van der Waals surface area contributed by atoms with Crippen LogP contribution in [-0.2, 0) is 11.2 Å². The topological polar surface area (TPSA) is 59.4 Å². The largest absolute Gasteiger partial charge is 0.481 e. The molecule has 3 rings (SSSR count). The van der Waals surface area contributed by atoms with E-state index in [-0.39, 0.29) is 0 Å². The lowest BCUT2D eigenvalue weighted by Crippen LogP contribution is -1.94. The van der Waals surface area contributed by atoms with Crippen molar-refractivity contribution in [3.05, 3.63) is 72.8 Å². The van der Waals surface area contributed by atoms with Gasteiger partial charge in [-0.2, -0.15) is 0 Å². The molecular weight excluding hydrogens is 254 g/mol. The number of carbonyl (C=O) groups is 1. The van der Waals surface area contributed by atoms with Crippen molar-refractivity contribution < 1.29 is 14.6 Å². The lowest BCUT2D eigenvalue weighted by Gasteiger charge is -2.09. The Kier molecular flexibility index (Phi) is 7.20. The second-order valence-corrected chi connectivity index (χ2v) is 3.85. The Morgan fingerprint density at radius 2 is 1.80 bits per heavy atom. The van der Waals surface area contributed by atoms with Gasteiger partial charge in [-0.05, 0) is 36.3 Å². The SMILES string of the molecule is C1=COc2ccccc2C1.CC(=O)O.c1ccncc1. The van der Waals surface area contributed by atoms with E-state index in [0.29, 0.717) is 0 Å². The highest BCUT2D eigenvalue weighted by Gasteiger charge is 2.02. The number of nitrogens with zero attached hydrogens (tertiary/aromatic N) is 1. The number of carboxylic acid groups (broad SMARTS) is 1. The highest BCUT2D eigenvalue weighted by atomic mass is 16.5. The normalized spacial score (nSPS) is 10.7. The van der Waals surface area contributed by atoms with Crippen molar-refractivity contribution in [2.45, 2.75) is 13.3 Å². The lowest BCUT2D eigenvalue weighted by atomic mass is 10.1. The summed E-state index contributed by atoms with van der Waals surface area (Å²) in [6.07, 6.45) is 8.25. The van der Waals surface area contributed by atoms with E-state index in [2.05, 4.69) is 11.1 Å². The zero-order valence-electron chi connectivity index (χ0n) is 11.3. The van der Waals surface area contributed by atoms with Crippen molar-refractivity contribution in [1.29, 1.82) is 0 Å². The number of benzene rings is 1. The molecule has 1 aromatic carbocycles. The van der Waals surface area contributed by atoms with Gasteiger partial charge in [-0.15, -0.1) is 0 Å². The van der Waals surface area contributed by atoms with Gasteiger partial charge in [-0.1, -0.05) is 24.3 Å². The third-order valence-corrected chi connectivity index (χ3v) is 2.17. The highest BCUT2D eigenvalue weighted by Crippen LogP contribution is 2.21. The molecule has 4 heteroatoms. The fourth-order valence-electron chi connectivity index (χ4n) is 1.40. The summed E-state index contributed by atoms with van der Waals surface area (Å²) < 4.78 is 5.24. The van der Waals surface area contributed by atoms with Crippen LogP contribution in [0.3, 0.4) is 0 Å². The fourth-order valence-corrected chi connectivity index (χ4v) is 1.40. The van der Waals surface area contributed by atoms with Crippen LogP contribution in [0.5, 0.6) is 5.75 Å². The molecular formula is C16H17NO3. The van der Waals surface area contributed by atoms with Crippen molar-refractivity contribution in [3.63, 3.8) is 0 Å². The molecule has 20 heavy (non-hydrogen) atoms. The van der Waals surface area contributed by atoms with E-state index < -0.39 is 5.97 Å². The van der Waals surface area contributed by atoms with Crippen molar-refractivity contribution >= 4 is 5.97 Å². The first-order valence-electron chi connectivity index (χ1n) is 6.14. The van der Waals surface area contributed by atoms with E-state index in [4.69, 9.17) is 14.6 Å². The van der Waals surface area contributed by atoms with Crippen LogP contribution < -0.4 is 4.74 Å². The lowest BCUT2D eigenvalue weighted by molar-refractivity contribution is -0.134. The Labute approximate surface area is 118 Å². The predicted molar refractivity (Wildman–Crippen MR) is 77.5 cm³/mol. The van der Waals surface area contributed by atoms with Gasteiger partial charge >= 0.3 is 0 Å². The number of hydrogen-bond acceptors (Lipinski definition) is 3. The quantitative estimate of drug-likeness (QED) is 0.798.